The van der Waals surface area contributed by atoms with E-state index in [1.54, 1.807) is 6.92 Å². The number of thioether (sulfide) groups is 1. The molecule has 1 aromatic rings. The highest BCUT2D eigenvalue weighted by Crippen LogP contribution is 2.40. The first-order valence-electron chi connectivity index (χ1n) is 7.84. The van der Waals surface area contributed by atoms with Gasteiger partial charge in [0.15, 0.2) is 5.71 Å². The Morgan fingerprint density at radius 1 is 1.39 bits per heavy atom. The maximum atomic E-state index is 12.6. The van der Waals surface area contributed by atoms with Crippen LogP contribution in [0, 0.1) is 0 Å². The molecule has 0 aliphatic carbocycles. The monoisotopic (exact) mass is 426 g/mol. The van der Waals surface area contributed by atoms with E-state index >= 15 is 0 Å². The number of β-lactam (4-membered cyclic amide) rings is 1. The van der Waals surface area contributed by atoms with E-state index in [4.69, 9.17) is 5.11 Å². The Morgan fingerprint density at radius 3 is 2.75 bits per heavy atom. The molecule has 2 unspecified atom stereocenters. The molecule has 2 aliphatic heterocycles. The molecule has 1 aromatic heterocycles. The Hall–Kier alpha value is -2.93. The number of nitrogens with zero attached hydrogens (tertiary/aromatic N) is 3. The zero-order valence-electron chi connectivity index (χ0n) is 14.3. The van der Waals surface area contributed by atoms with Crippen molar-refractivity contribution in [3.05, 3.63) is 28.4 Å². The minimum absolute atomic E-state index is 0.120. The van der Waals surface area contributed by atoms with Gasteiger partial charge in [-0.15, -0.1) is 23.1 Å². The molecule has 13 heteroatoms. The van der Waals surface area contributed by atoms with Gasteiger partial charge in [0.25, 0.3) is 11.8 Å². The molecule has 0 saturated carbocycles. The topological polar surface area (TPSA) is 158 Å². The number of carboxylic acids is 2. The molecule has 1 fully saturated rings. The molecular formula is C15H14N4O7S2. The molecule has 0 aromatic carbocycles. The van der Waals surface area contributed by atoms with Crippen molar-refractivity contribution in [1.29, 1.82) is 0 Å². The molecule has 0 spiro atoms. The van der Waals surface area contributed by atoms with Crippen molar-refractivity contribution in [1.82, 2.24) is 15.2 Å². The molecule has 11 nitrogen and oxygen atoms in total. The van der Waals surface area contributed by atoms with Crippen LogP contribution in [0.2, 0.25) is 0 Å². The van der Waals surface area contributed by atoms with Gasteiger partial charge in [-0.3, -0.25) is 14.5 Å². The van der Waals surface area contributed by atoms with Gasteiger partial charge in [0.1, 0.15) is 22.8 Å². The minimum Gasteiger partial charge on any atom is -0.479 e. The van der Waals surface area contributed by atoms with E-state index in [1.807, 2.05) is 0 Å². The number of rotatable bonds is 7. The van der Waals surface area contributed by atoms with Crippen LogP contribution in [-0.4, -0.2) is 72.8 Å². The SMILES string of the molecule is CC1C=C(C(=O)O)N2C(=O)C(NC(=O)/C(=N\OCC(=O)O)c3cscn3)[C@H]2S1. The molecule has 3 rings (SSSR count). The average Bonchev–Trinajstić information content (AvgIpc) is 3.16. The van der Waals surface area contributed by atoms with Gasteiger partial charge < -0.3 is 20.4 Å². The standard InChI is InChI=1S/C15H14N4O7S2/c1-6-2-8(15(24)25)19-13(23)11(14(19)28-6)17-12(22)10(7-4-27-5-16-7)18-26-3-9(20)21/h2,4-6,11,14H,3H2,1H3,(H,17,22)(H,20,21)(H,24,25)/b18-10-/t6?,11?,14-/m1/s1. The summed E-state index contributed by atoms with van der Waals surface area (Å²) >= 11 is 2.52. The summed E-state index contributed by atoms with van der Waals surface area (Å²) in [5, 5.41) is 24.7. The van der Waals surface area contributed by atoms with Crippen LogP contribution in [0.25, 0.3) is 0 Å². The van der Waals surface area contributed by atoms with Crippen LogP contribution in [0.15, 0.2) is 27.8 Å². The normalized spacial score (nSPS) is 24.0. The van der Waals surface area contributed by atoms with Gasteiger partial charge in [0, 0.05) is 10.6 Å². The van der Waals surface area contributed by atoms with E-state index in [-0.39, 0.29) is 22.4 Å². The van der Waals surface area contributed by atoms with Crippen LogP contribution >= 0.6 is 23.1 Å². The summed E-state index contributed by atoms with van der Waals surface area (Å²) in [6.07, 6.45) is 1.47. The van der Waals surface area contributed by atoms with Gasteiger partial charge in [-0.05, 0) is 13.0 Å². The predicted molar refractivity (Wildman–Crippen MR) is 97.6 cm³/mol. The van der Waals surface area contributed by atoms with Crippen molar-refractivity contribution >= 4 is 52.6 Å². The average molecular weight is 426 g/mol. The van der Waals surface area contributed by atoms with Crippen LogP contribution in [-0.2, 0) is 24.0 Å². The Balaban J connectivity index is 1.76. The van der Waals surface area contributed by atoms with Crippen LogP contribution in [0.4, 0.5) is 0 Å². The van der Waals surface area contributed by atoms with Crippen molar-refractivity contribution in [2.45, 2.75) is 23.6 Å². The summed E-state index contributed by atoms with van der Waals surface area (Å²) < 4.78 is 0. The molecule has 3 heterocycles. The van der Waals surface area contributed by atoms with E-state index in [0.29, 0.717) is 0 Å². The minimum atomic E-state index is -1.27. The number of carbonyl (C=O) groups is 4. The smallest absolute Gasteiger partial charge is 0.352 e. The highest BCUT2D eigenvalue weighted by Gasteiger charge is 2.54. The van der Waals surface area contributed by atoms with Gasteiger partial charge in [-0.25, -0.2) is 14.6 Å². The summed E-state index contributed by atoms with van der Waals surface area (Å²) in [5.74, 6) is -3.83. The lowest BCUT2D eigenvalue weighted by molar-refractivity contribution is -0.150. The van der Waals surface area contributed by atoms with E-state index in [9.17, 15) is 24.3 Å². The van der Waals surface area contributed by atoms with Crippen molar-refractivity contribution < 1.29 is 34.2 Å². The number of amides is 2. The highest BCUT2D eigenvalue weighted by atomic mass is 32.2. The molecule has 28 heavy (non-hydrogen) atoms. The number of carbonyl (C=O) groups excluding carboxylic acids is 2. The van der Waals surface area contributed by atoms with Gasteiger partial charge in [0.05, 0.1) is 5.51 Å². The molecule has 0 radical (unpaired) electrons. The first-order chi connectivity index (χ1) is 13.3. The van der Waals surface area contributed by atoms with Crippen molar-refractivity contribution in [2.24, 2.45) is 5.16 Å². The van der Waals surface area contributed by atoms with Gasteiger partial charge in [0.2, 0.25) is 6.61 Å². The van der Waals surface area contributed by atoms with Crippen LogP contribution in [0.1, 0.15) is 12.6 Å². The number of hydrogen-bond acceptors (Lipinski definition) is 9. The lowest BCUT2D eigenvalue weighted by Gasteiger charge is -2.49. The van der Waals surface area contributed by atoms with Gasteiger partial charge in [-0.2, -0.15) is 0 Å². The maximum Gasteiger partial charge on any atom is 0.352 e. The largest absolute Gasteiger partial charge is 0.479 e. The number of fused-ring (bicyclic) bond motifs is 1. The zero-order valence-corrected chi connectivity index (χ0v) is 15.9. The summed E-state index contributed by atoms with van der Waals surface area (Å²) in [5.41, 5.74) is 1.21. The molecular weight excluding hydrogens is 412 g/mol. The van der Waals surface area contributed by atoms with E-state index < -0.39 is 41.8 Å². The number of oxime groups is 1. The van der Waals surface area contributed by atoms with Gasteiger partial charge in [-0.1, -0.05) is 5.16 Å². The summed E-state index contributed by atoms with van der Waals surface area (Å²) in [6.45, 7) is 1.04. The predicted octanol–water partition coefficient (Wildman–Crippen LogP) is -0.295. The van der Waals surface area contributed by atoms with Crippen molar-refractivity contribution in [3.8, 4) is 0 Å². The lowest BCUT2D eigenvalue weighted by atomic mass is 10.0. The third kappa shape index (κ3) is 3.84. The van der Waals surface area contributed by atoms with Crippen molar-refractivity contribution in [3.63, 3.8) is 0 Å². The summed E-state index contributed by atoms with van der Waals surface area (Å²) in [7, 11) is 0. The summed E-state index contributed by atoms with van der Waals surface area (Å²) in [4.78, 5) is 56.7. The van der Waals surface area contributed by atoms with Crippen LogP contribution in [0.5, 0.6) is 0 Å². The van der Waals surface area contributed by atoms with Crippen molar-refractivity contribution in [2.75, 3.05) is 6.61 Å². The zero-order chi connectivity index (χ0) is 20.4. The number of aliphatic carboxylic acids is 2. The Morgan fingerprint density at radius 2 is 2.14 bits per heavy atom. The molecule has 3 atom stereocenters. The molecule has 148 valence electrons. The number of carboxylic acid groups (broad SMARTS) is 2. The first kappa shape index (κ1) is 19.8. The number of thiazole rings is 1. The molecule has 2 aliphatic rings. The van der Waals surface area contributed by atoms with Crippen LogP contribution < -0.4 is 5.32 Å². The fraction of sp³-hybridized carbons (Fsp3) is 0.333. The first-order valence-corrected chi connectivity index (χ1v) is 9.73. The third-order valence-corrected chi connectivity index (χ3v) is 5.70. The number of aromatic nitrogens is 1. The second-order valence-electron chi connectivity index (χ2n) is 5.73. The molecule has 3 N–H and O–H groups in total. The van der Waals surface area contributed by atoms with E-state index in [0.717, 1.165) is 4.90 Å². The summed E-state index contributed by atoms with van der Waals surface area (Å²) in [6, 6.07) is -0.952. The lowest BCUT2D eigenvalue weighted by Crippen LogP contribution is -2.71. The van der Waals surface area contributed by atoms with E-state index in [1.165, 1.54) is 40.1 Å². The van der Waals surface area contributed by atoms with Gasteiger partial charge >= 0.3 is 11.9 Å². The van der Waals surface area contributed by atoms with Crippen LogP contribution in [0.3, 0.4) is 0 Å². The Kier molecular flexibility index (Phi) is 5.65. The Labute approximate surface area is 166 Å². The highest BCUT2D eigenvalue weighted by molar-refractivity contribution is 8.00. The fourth-order valence-electron chi connectivity index (χ4n) is 2.62. The second kappa shape index (κ2) is 7.98. The molecule has 0 bridgehead atoms. The van der Waals surface area contributed by atoms with E-state index in [2.05, 4.69) is 20.3 Å². The molecule has 1 saturated heterocycles. The Bertz CT molecular complexity index is 883. The fourth-order valence-corrected chi connectivity index (χ4v) is 4.49. The quantitative estimate of drug-likeness (QED) is 0.302. The molecule has 2 amide bonds. The number of hydrogen-bond donors (Lipinski definition) is 3. The maximum absolute atomic E-state index is 12.6. The third-order valence-electron chi connectivity index (χ3n) is 3.79. The second-order valence-corrected chi connectivity index (χ2v) is 7.95. The number of nitrogens with one attached hydrogen (secondary N) is 1.